The molecule has 0 unspecified atom stereocenters. The first-order chi connectivity index (χ1) is 32.0. The average molecular weight is 850 g/mol. The lowest BCUT2D eigenvalue weighted by Gasteiger charge is -2.29. The molecular formula is C61H39NO2S. The van der Waals surface area contributed by atoms with E-state index in [1.165, 1.54) is 64.3 Å². The molecule has 65 heavy (non-hydrogen) atoms. The van der Waals surface area contributed by atoms with E-state index in [9.17, 15) is 0 Å². The van der Waals surface area contributed by atoms with E-state index < -0.39 is 0 Å². The Morgan fingerprint density at radius 1 is 0.431 bits per heavy atom. The molecule has 0 fully saturated rings. The van der Waals surface area contributed by atoms with E-state index >= 15 is 0 Å². The zero-order chi connectivity index (χ0) is 43.0. The predicted molar refractivity (Wildman–Crippen MR) is 275 cm³/mol. The summed E-state index contributed by atoms with van der Waals surface area (Å²) in [6.45, 7) is 4.71. The second-order valence-corrected chi connectivity index (χ2v) is 19.0. The van der Waals surface area contributed by atoms with Crippen molar-refractivity contribution in [3.63, 3.8) is 0 Å². The number of furan rings is 2. The summed E-state index contributed by atoms with van der Waals surface area (Å²) < 4.78 is 16.5. The van der Waals surface area contributed by atoms with Crippen molar-refractivity contribution in [2.75, 3.05) is 4.90 Å². The summed E-state index contributed by atoms with van der Waals surface area (Å²) >= 11 is 1.87. The maximum absolute atomic E-state index is 7.16. The van der Waals surface area contributed by atoms with Gasteiger partial charge in [-0.1, -0.05) is 153 Å². The Balaban J connectivity index is 1.02. The molecule has 14 rings (SSSR count). The summed E-state index contributed by atoms with van der Waals surface area (Å²) in [4.78, 5) is 2.43. The van der Waals surface area contributed by atoms with Gasteiger partial charge >= 0.3 is 0 Å². The van der Waals surface area contributed by atoms with E-state index in [1.807, 2.05) is 17.4 Å². The highest BCUT2D eigenvalue weighted by molar-refractivity contribution is 7.26. The molecule has 13 aromatic rings. The topological polar surface area (TPSA) is 29.5 Å². The smallest absolute Gasteiger partial charge is 0.144 e. The van der Waals surface area contributed by atoms with Crippen molar-refractivity contribution in [3.8, 4) is 33.4 Å². The normalized spacial score (nSPS) is 13.2. The predicted octanol–water partition coefficient (Wildman–Crippen LogP) is 18.1. The molecule has 0 bridgehead atoms. The summed E-state index contributed by atoms with van der Waals surface area (Å²) in [5, 5.41) is 9.17. The summed E-state index contributed by atoms with van der Waals surface area (Å²) in [6, 6.07) is 72.8. The van der Waals surface area contributed by atoms with Gasteiger partial charge in [0.05, 0.1) is 11.1 Å². The molecule has 3 heterocycles. The SMILES string of the molecule is CC1(C)c2ccccc2-c2ccc(N(c3ccc(-c4cccc5c4sc4ccccc45)cc3)c3cccc4oc5c(-c6ccc7ccccc7c6)c6c(cc5c34)oc3ccccc36)cc21. The molecule has 0 saturated heterocycles. The molecule has 4 heteroatoms. The van der Waals surface area contributed by atoms with E-state index in [-0.39, 0.29) is 5.41 Å². The van der Waals surface area contributed by atoms with Gasteiger partial charge in [0.25, 0.3) is 0 Å². The number of anilines is 3. The number of hydrogen-bond acceptors (Lipinski definition) is 4. The molecular weight excluding hydrogens is 811 g/mol. The van der Waals surface area contributed by atoms with Gasteiger partial charge in [-0.3, -0.25) is 0 Å². The second kappa shape index (κ2) is 13.5. The van der Waals surface area contributed by atoms with Crippen molar-refractivity contribution in [1.82, 2.24) is 0 Å². The van der Waals surface area contributed by atoms with Crippen LogP contribution >= 0.6 is 11.3 Å². The van der Waals surface area contributed by atoms with Gasteiger partial charge in [-0.15, -0.1) is 11.3 Å². The lowest BCUT2D eigenvalue weighted by molar-refractivity contribution is 0.660. The van der Waals surface area contributed by atoms with Crippen LogP contribution in [0, 0.1) is 0 Å². The molecule has 3 nitrogen and oxygen atoms in total. The highest BCUT2D eigenvalue weighted by Gasteiger charge is 2.36. The highest BCUT2D eigenvalue weighted by atomic mass is 32.1. The summed E-state index contributed by atoms with van der Waals surface area (Å²) in [6.07, 6.45) is 0. The number of nitrogens with zero attached hydrogens (tertiary/aromatic N) is 1. The fourth-order valence-corrected chi connectivity index (χ4v) is 12.2. The fourth-order valence-electron chi connectivity index (χ4n) is 11.0. The van der Waals surface area contributed by atoms with Gasteiger partial charge in [0.15, 0.2) is 0 Å². The lowest BCUT2D eigenvalue weighted by Crippen LogP contribution is -2.16. The molecule has 0 aliphatic heterocycles. The van der Waals surface area contributed by atoms with E-state index in [2.05, 4.69) is 213 Å². The zero-order valence-corrected chi connectivity index (χ0v) is 36.5. The van der Waals surface area contributed by atoms with Crippen LogP contribution < -0.4 is 4.90 Å². The van der Waals surface area contributed by atoms with Crippen LogP contribution in [-0.4, -0.2) is 0 Å². The number of benzene rings is 10. The molecule has 3 aromatic heterocycles. The van der Waals surface area contributed by atoms with Gasteiger partial charge in [0, 0.05) is 58.7 Å². The quantitative estimate of drug-likeness (QED) is 0.173. The van der Waals surface area contributed by atoms with Crippen molar-refractivity contribution in [1.29, 1.82) is 0 Å². The molecule has 1 aliphatic carbocycles. The number of hydrogen-bond donors (Lipinski definition) is 0. The molecule has 0 amide bonds. The molecule has 0 N–H and O–H groups in total. The van der Waals surface area contributed by atoms with Gasteiger partial charge in [-0.05, 0) is 110 Å². The van der Waals surface area contributed by atoms with Crippen LogP contribution in [0.4, 0.5) is 17.1 Å². The third-order valence-corrected chi connectivity index (χ3v) is 15.3. The Morgan fingerprint density at radius 3 is 2.03 bits per heavy atom. The Bertz CT molecular complexity index is 4110. The van der Waals surface area contributed by atoms with Crippen molar-refractivity contribution < 1.29 is 8.83 Å². The summed E-state index contributed by atoms with van der Waals surface area (Å²) in [7, 11) is 0. The van der Waals surface area contributed by atoms with Crippen LogP contribution in [0.15, 0.2) is 209 Å². The number of thiophene rings is 1. The van der Waals surface area contributed by atoms with Crippen molar-refractivity contribution in [2.45, 2.75) is 19.3 Å². The summed E-state index contributed by atoms with van der Waals surface area (Å²) in [5.74, 6) is 0. The zero-order valence-electron chi connectivity index (χ0n) is 35.7. The minimum Gasteiger partial charge on any atom is -0.456 e. The van der Waals surface area contributed by atoms with Gasteiger partial charge in [0.2, 0.25) is 0 Å². The summed E-state index contributed by atoms with van der Waals surface area (Å²) in [5.41, 5.74) is 16.2. The number of para-hydroxylation sites is 1. The van der Waals surface area contributed by atoms with Crippen LogP contribution in [-0.2, 0) is 5.41 Å². The minimum absolute atomic E-state index is 0.170. The largest absolute Gasteiger partial charge is 0.456 e. The minimum atomic E-state index is -0.170. The van der Waals surface area contributed by atoms with Gasteiger partial charge < -0.3 is 13.7 Å². The van der Waals surface area contributed by atoms with E-state index in [0.29, 0.717) is 0 Å². The maximum Gasteiger partial charge on any atom is 0.144 e. The first-order valence-electron chi connectivity index (χ1n) is 22.3. The number of rotatable bonds is 5. The van der Waals surface area contributed by atoms with Crippen LogP contribution in [0.25, 0.3) is 108 Å². The highest BCUT2D eigenvalue weighted by Crippen LogP contribution is 2.53. The first-order valence-corrected chi connectivity index (χ1v) is 23.1. The molecule has 0 spiro atoms. The lowest BCUT2D eigenvalue weighted by atomic mass is 9.82. The molecule has 1 aliphatic rings. The Hall–Kier alpha value is -7.92. The molecule has 10 aromatic carbocycles. The van der Waals surface area contributed by atoms with E-state index in [4.69, 9.17) is 8.83 Å². The van der Waals surface area contributed by atoms with Crippen molar-refractivity contribution in [3.05, 3.63) is 211 Å². The fraction of sp³-hybridized carbons (Fsp3) is 0.0492. The van der Waals surface area contributed by atoms with Gasteiger partial charge in [-0.25, -0.2) is 0 Å². The standard InChI is InChI=1S/C61H39NO2S/c1-61(2)49-20-8-5-15-43(49)44-32-31-41(34-50(44)61)62(40-29-27-37(28-30-40)42-18-11-19-46-45-16-7-10-24-55(45)65-60(42)46)51-21-12-23-53-57(51)48-35-54-58(47-17-6-9-22-52(47)63-54)56(59(48)64-53)39-26-25-36-13-3-4-14-38(36)33-39/h3-35H,1-2H3. The average Bonchev–Trinajstić information content (AvgIpc) is 4.09. The van der Waals surface area contributed by atoms with Crippen molar-refractivity contribution in [2.24, 2.45) is 0 Å². The Morgan fingerprint density at radius 2 is 1.12 bits per heavy atom. The van der Waals surface area contributed by atoms with Crippen molar-refractivity contribution >= 4 is 103 Å². The monoisotopic (exact) mass is 849 g/mol. The van der Waals surface area contributed by atoms with E-state index in [1.54, 1.807) is 0 Å². The first kappa shape index (κ1) is 36.6. The Kier molecular flexibility index (Phi) is 7.62. The third-order valence-electron chi connectivity index (χ3n) is 14.1. The third kappa shape index (κ3) is 5.29. The van der Waals surface area contributed by atoms with Gasteiger partial charge in [0.1, 0.15) is 22.3 Å². The van der Waals surface area contributed by atoms with Crippen LogP contribution in [0.5, 0.6) is 0 Å². The van der Waals surface area contributed by atoms with E-state index in [0.717, 1.165) is 72.1 Å². The molecule has 0 radical (unpaired) electrons. The number of fused-ring (bicyclic) bond motifs is 13. The second-order valence-electron chi connectivity index (χ2n) is 18.0. The molecule has 0 atom stereocenters. The Labute approximate surface area is 379 Å². The van der Waals surface area contributed by atoms with Crippen LogP contribution in [0.1, 0.15) is 25.0 Å². The molecule has 306 valence electrons. The molecule has 0 saturated carbocycles. The van der Waals surface area contributed by atoms with Gasteiger partial charge in [-0.2, -0.15) is 0 Å². The maximum atomic E-state index is 7.16. The van der Waals surface area contributed by atoms with Crippen LogP contribution in [0.2, 0.25) is 0 Å². The van der Waals surface area contributed by atoms with Crippen LogP contribution in [0.3, 0.4) is 0 Å².